The largest absolute Gasteiger partial charge is 0.507 e. The van der Waals surface area contributed by atoms with Crippen molar-refractivity contribution in [1.29, 1.82) is 0 Å². The van der Waals surface area contributed by atoms with Crippen LogP contribution in [0.4, 0.5) is 0 Å². The zero-order valence-corrected chi connectivity index (χ0v) is 34.5. The summed E-state index contributed by atoms with van der Waals surface area (Å²) in [6, 6.07) is 50.0. The average Bonchev–Trinajstić information content (AvgIpc) is 3.63. The van der Waals surface area contributed by atoms with Gasteiger partial charge in [-0.3, -0.25) is 9.55 Å². The third kappa shape index (κ3) is 6.91. The summed E-state index contributed by atoms with van der Waals surface area (Å²) < 4.78 is 2.29. The molecule has 1 aliphatic carbocycles. The number of fused-ring (bicyclic) bond motifs is 2. The molecule has 1 N–H and O–H groups in total. The fourth-order valence-corrected chi connectivity index (χ4v) is 8.55. The van der Waals surface area contributed by atoms with Gasteiger partial charge >= 0.3 is 0 Å². The number of hydrogen-bond donors (Lipinski definition) is 1. The minimum atomic E-state index is -0.117. The molecule has 0 amide bonds. The lowest BCUT2D eigenvalue weighted by Gasteiger charge is -2.23. The third-order valence-electron chi connectivity index (χ3n) is 11.9. The highest BCUT2D eigenvalue weighted by Gasteiger charge is 2.26. The van der Waals surface area contributed by atoms with Gasteiger partial charge < -0.3 is 5.11 Å². The Morgan fingerprint density at radius 3 is 1.98 bits per heavy atom. The van der Waals surface area contributed by atoms with Crippen molar-refractivity contribution >= 4 is 11.0 Å². The highest BCUT2D eigenvalue weighted by Crippen LogP contribution is 2.44. The first-order valence-electron chi connectivity index (χ1n) is 20.7. The second-order valence-electron chi connectivity index (χ2n) is 17.9. The number of imidazole rings is 1. The Bertz CT molecular complexity index is 2800. The van der Waals surface area contributed by atoms with Crippen LogP contribution in [0.5, 0.6) is 5.75 Å². The van der Waals surface area contributed by atoms with E-state index in [1.807, 2.05) is 12.3 Å². The van der Waals surface area contributed by atoms with Crippen molar-refractivity contribution in [2.45, 2.75) is 78.1 Å². The second kappa shape index (κ2) is 14.6. The Labute approximate surface area is 342 Å². The Morgan fingerprint density at radius 2 is 1.24 bits per heavy atom. The lowest BCUT2D eigenvalue weighted by atomic mass is 9.83. The standard InChI is InChI=1S/C54H51N3O/c1-53(2,3)41-25-27-48(46(34-41)36-18-11-8-12-19-36)57-49-23-15-22-43(50(49)56-52(57)45-26-24-37-20-13-14-21-44(37)51(45)58)39-30-40(32-42(31-39)54(4,5)6)47-33-38(28-29-55-47)35-16-9-7-10-17-35/h7-12,15-19,22-34,58H,13-14,20-21H2,1-6H3. The van der Waals surface area contributed by atoms with Crippen LogP contribution >= 0.6 is 0 Å². The lowest BCUT2D eigenvalue weighted by molar-refractivity contribution is 0.463. The number of aromatic nitrogens is 3. The zero-order valence-electron chi connectivity index (χ0n) is 34.5. The molecule has 58 heavy (non-hydrogen) atoms. The van der Waals surface area contributed by atoms with Crippen molar-refractivity contribution in [2.24, 2.45) is 0 Å². The Morgan fingerprint density at radius 1 is 0.534 bits per heavy atom. The zero-order chi connectivity index (χ0) is 40.2. The molecule has 0 fully saturated rings. The van der Waals surface area contributed by atoms with Gasteiger partial charge in [0.2, 0.25) is 0 Å². The molecule has 1 aliphatic rings. The van der Waals surface area contributed by atoms with Gasteiger partial charge in [0.05, 0.1) is 28.0 Å². The van der Waals surface area contributed by atoms with Gasteiger partial charge in [0.1, 0.15) is 11.6 Å². The van der Waals surface area contributed by atoms with Gasteiger partial charge in [-0.15, -0.1) is 0 Å². The van der Waals surface area contributed by atoms with E-state index in [-0.39, 0.29) is 10.8 Å². The molecule has 0 saturated carbocycles. The van der Waals surface area contributed by atoms with Crippen LogP contribution in [0.3, 0.4) is 0 Å². The van der Waals surface area contributed by atoms with E-state index in [0.717, 1.165) is 104 Å². The van der Waals surface area contributed by atoms with Crippen LogP contribution < -0.4 is 0 Å². The first-order chi connectivity index (χ1) is 27.9. The maximum absolute atomic E-state index is 12.1. The molecule has 2 heterocycles. The number of phenolic OH excluding ortho intramolecular Hbond substituents is 1. The minimum Gasteiger partial charge on any atom is -0.507 e. The van der Waals surface area contributed by atoms with Crippen LogP contribution in [0.25, 0.3) is 72.7 Å². The summed E-state index contributed by atoms with van der Waals surface area (Å²) in [5.74, 6) is 1.09. The van der Waals surface area contributed by atoms with Crippen LogP contribution in [0, 0.1) is 0 Å². The number of benzene rings is 6. The fraction of sp³-hybridized carbons (Fsp3) is 0.222. The van der Waals surface area contributed by atoms with Crippen LogP contribution in [-0.2, 0) is 23.7 Å². The highest BCUT2D eigenvalue weighted by molar-refractivity contribution is 5.98. The molecule has 0 spiro atoms. The molecule has 0 saturated heterocycles. The smallest absolute Gasteiger partial charge is 0.149 e. The van der Waals surface area contributed by atoms with Gasteiger partial charge in [0.15, 0.2) is 0 Å². The number of rotatable bonds is 6. The second-order valence-corrected chi connectivity index (χ2v) is 17.9. The molecule has 9 rings (SSSR count). The van der Waals surface area contributed by atoms with Crippen molar-refractivity contribution in [1.82, 2.24) is 14.5 Å². The molecular weight excluding hydrogens is 707 g/mol. The summed E-state index contributed by atoms with van der Waals surface area (Å²) in [7, 11) is 0. The summed E-state index contributed by atoms with van der Waals surface area (Å²) in [4.78, 5) is 10.5. The summed E-state index contributed by atoms with van der Waals surface area (Å²) >= 11 is 0. The summed E-state index contributed by atoms with van der Waals surface area (Å²) in [5, 5.41) is 12.1. The van der Waals surface area contributed by atoms with Gasteiger partial charge in [-0.05, 0) is 130 Å². The number of para-hydroxylation sites is 1. The van der Waals surface area contributed by atoms with E-state index < -0.39 is 0 Å². The minimum absolute atomic E-state index is 0.0446. The Kier molecular flexibility index (Phi) is 9.39. The summed E-state index contributed by atoms with van der Waals surface area (Å²) in [6.07, 6.45) is 6.00. The predicted octanol–water partition coefficient (Wildman–Crippen LogP) is 13.9. The van der Waals surface area contributed by atoms with Gasteiger partial charge in [0, 0.05) is 22.9 Å². The molecule has 6 aromatic carbocycles. The Balaban J connectivity index is 1.32. The number of aryl methyl sites for hydroxylation is 1. The van der Waals surface area contributed by atoms with E-state index >= 15 is 0 Å². The number of nitrogens with zero attached hydrogens (tertiary/aromatic N) is 3. The van der Waals surface area contributed by atoms with E-state index in [4.69, 9.17) is 9.97 Å². The number of aromatic hydroxyl groups is 1. The van der Waals surface area contributed by atoms with Crippen molar-refractivity contribution in [3.63, 3.8) is 0 Å². The SMILES string of the molecule is CC(C)(C)c1cc(-c2cc(-c3ccccc3)ccn2)cc(-c2cccc3c2nc(-c2ccc4c(c2O)CCCC4)n3-c2ccc(C(C)(C)C)cc2-c2ccccc2)c1. The number of phenols is 1. The van der Waals surface area contributed by atoms with Gasteiger partial charge in [0.25, 0.3) is 0 Å². The molecule has 288 valence electrons. The normalized spacial score (nSPS) is 13.1. The van der Waals surface area contributed by atoms with Crippen molar-refractivity contribution in [3.8, 4) is 67.5 Å². The molecule has 0 aliphatic heterocycles. The van der Waals surface area contributed by atoms with Crippen molar-refractivity contribution < 1.29 is 5.11 Å². The van der Waals surface area contributed by atoms with Crippen LogP contribution in [0.1, 0.15) is 76.6 Å². The number of hydrogen-bond acceptors (Lipinski definition) is 3. The molecule has 4 nitrogen and oxygen atoms in total. The Hall–Kier alpha value is -6.26. The maximum atomic E-state index is 12.1. The third-order valence-corrected chi connectivity index (χ3v) is 11.9. The predicted molar refractivity (Wildman–Crippen MR) is 242 cm³/mol. The van der Waals surface area contributed by atoms with Crippen LogP contribution in [0.15, 0.2) is 146 Å². The van der Waals surface area contributed by atoms with Crippen LogP contribution in [0.2, 0.25) is 0 Å². The molecule has 4 heteroatoms. The monoisotopic (exact) mass is 757 g/mol. The van der Waals surface area contributed by atoms with Gasteiger partial charge in [-0.25, -0.2) is 4.98 Å². The first kappa shape index (κ1) is 37.3. The molecule has 0 radical (unpaired) electrons. The van der Waals surface area contributed by atoms with Gasteiger partial charge in [-0.1, -0.05) is 133 Å². The van der Waals surface area contributed by atoms with Crippen molar-refractivity contribution in [2.75, 3.05) is 0 Å². The molecule has 2 aromatic heterocycles. The van der Waals surface area contributed by atoms with E-state index in [2.05, 4.69) is 180 Å². The summed E-state index contributed by atoms with van der Waals surface area (Å²) in [5.41, 5.74) is 16.9. The fourth-order valence-electron chi connectivity index (χ4n) is 8.55. The first-order valence-corrected chi connectivity index (χ1v) is 20.7. The molecular formula is C54H51N3O. The topological polar surface area (TPSA) is 50.9 Å². The van der Waals surface area contributed by atoms with E-state index in [1.54, 1.807) is 0 Å². The number of pyridine rings is 1. The highest BCUT2D eigenvalue weighted by atomic mass is 16.3. The van der Waals surface area contributed by atoms with Crippen LogP contribution in [-0.4, -0.2) is 19.6 Å². The molecule has 0 atom stereocenters. The maximum Gasteiger partial charge on any atom is 0.149 e. The molecule has 8 aromatic rings. The van der Waals surface area contributed by atoms with E-state index in [1.165, 1.54) is 16.7 Å². The summed E-state index contributed by atoms with van der Waals surface area (Å²) in [6.45, 7) is 13.6. The quantitative estimate of drug-likeness (QED) is 0.184. The molecule has 0 unspecified atom stereocenters. The lowest BCUT2D eigenvalue weighted by Crippen LogP contribution is -2.12. The van der Waals surface area contributed by atoms with Crippen molar-refractivity contribution in [3.05, 3.63) is 168 Å². The molecule has 0 bridgehead atoms. The van der Waals surface area contributed by atoms with Gasteiger partial charge in [-0.2, -0.15) is 0 Å². The van der Waals surface area contributed by atoms with E-state index in [0.29, 0.717) is 5.75 Å². The van der Waals surface area contributed by atoms with E-state index in [9.17, 15) is 5.11 Å². The average molecular weight is 758 g/mol.